The lowest BCUT2D eigenvalue weighted by atomic mass is 10.2. The Labute approximate surface area is 141 Å². The topological polar surface area (TPSA) is 48.9 Å². The predicted octanol–water partition coefficient (Wildman–Crippen LogP) is 2.48. The number of benzene rings is 1. The average Bonchev–Trinajstić information content (AvgIpc) is 2.59. The summed E-state index contributed by atoms with van der Waals surface area (Å²) in [6.45, 7) is 12.2. The van der Waals surface area contributed by atoms with Crippen LogP contribution in [-0.2, 0) is 6.54 Å². The zero-order valence-corrected chi connectivity index (χ0v) is 15.1. The number of ether oxygens (including phenoxy) is 1. The minimum atomic E-state index is 0.659. The number of hydrogen-bond acceptors (Lipinski definition) is 3. The second-order valence-electron chi connectivity index (χ2n) is 5.40. The first-order valence-corrected chi connectivity index (χ1v) is 8.60. The Kier molecular flexibility index (Phi) is 9.87. The van der Waals surface area contributed by atoms with Crippen LogP contribution < -0.4 is 15.4 Å². The highest BCUT2D eigenvalue weighted by Crippen LogP contribution is 2.11. The molecule has 0 aliphatic carbocycles. The molecule has 23 heavy (non-hydrogen) atoms. The van der Waals surface area contributed by atoms with Gasteiger partial charge in [-0.05, 0) is 44.1 Å². The molecule has 0 fully saturated rings. The number of nitrogens with zero attached hydrogens (tertiary/aromatic N) is 2. The minimum Gasteiger partial charge on any atom is -0.497 e. The van der Waals surface area contributed by atoms with E-state index in [1.165, 1.54) is 12.0 Å². The van der Waals surface area contributed by atoms with Crippen LogP contribution in [0.4, 0.5) is 0 Å². The van der Waals surface area contributed by atoms with Crippen molar-refractivity contribution < 1.29 is 4.74 Å². The molecule has 1 aromatic rings. The highest BCUT2D eigenvalue weighted by atomic mass is 16.5. The van der Waals surface area contributed by atoms with Crippen LogP contribution in [0, 0.1) is 0 Å². The minimum absolute atomic E-state index is 0.659. The average molecular weight is 320 g/mol. The van der Waals surface area contributed by atoms with Gasteiger partial charge in [0, 0.05) is 19.6 Å². The molecule has 1 aromatic carbocycles. The molecule has 0 unspecified atom stereocenters. The summed E-state index contributed by atoms with van der Waals surface area (Å²) in [4.78, 5) is 7.09. The molecule has 130 valence electrons. The molecule has 0 aliphatic heterocycles. The van der Waals surface area contributed by atoms with Crippen LogP contribution in [0.15, 0.2) is 29.3 Å². The number of rotatable bonds is 10. The number of likely N-dealkylation sites (N-methyl/N-ethyl adjacent to an activating group) is 1. The number of nitrogens with one attached hydrogen (secondary N) is 2. The van der Waals surface area contributed by atoms with Gasteiger partial charge < -0.3 is 20.3 Å². The van der Waals surface area contributed by atoms with Crippen molar-refractivity contribution in [2.24, 2.45) is 4.99 Å². The maximum Gasteiger partial charge on any atom is 0.191 e. The van der Waals surface area contributed by atoms with Gasteiger partial charge in [-0.15, -0.1) is 0 Å². The van der Waals surface area contributed by atoms with E-state index in [0.717, 1.165) is 44.4 Å². The normalized spacial score (nSPS) is 11.6. The molecule has 5 heteroatoms. The third kappa shape index (κ3) is 7.88. The van der Waals surface area contributed by atoms with Gasteiger partial charge >= 0.3 is 0 Å². The van der Waals surface area contributed by atoms with E-state index in [9.17, 15) is 0 Å². The Bertz CT molecular complexity index is 445. The smallest absolute Gasteiger partial charge is 0.191 e. The van der Waals surface area contributed by atoms with E-state index in [-0.39, 0.29) is 0 Å². The van der Waals surface area contributed by atoms with Crippen molar-refractivity contribution in [2.75, 3.05) is 39.8 Å². The molecule has 1 rings (SSSR count). The van der Waals surface area contributed by atoms with E-state index < -0.39 is 0 Å². The molecule has 0 saturated heterocycles. The highest BCUT2D eigenvalue weighted by Gasteiger charge is 2.02. The summed E-state index contributed by atoms with van der Waals surface area (Å²) in [5.41, 5.74) is 1.17. The van der Waals surface area contributed by atoms with Gasteiger partial charge in [0.1, 0.15) is 5.75 Å². The van der Waals surface area contributed by atoms with Gasteiger partial charge in [-0.1, -0.05) is 26.0 Å². The van der Waals surface area contributed by atoms with E-state index in [4.69, 9.17) is 4.74 Å². The monoisotopic (exact) mass is 320 g/mol. The molecule has 0 amide bonds. The molecule has 5 nitrogen and oxygen atoms in total. The van der Waals surface area contributed by atoms with Crippen molar-refractivity contribution in [3.8, 4) is 5.75 Å². The van der Waals surface area contributed by atoms with Crippen molar-refractivity contribution in [1.82, 2.24) is 15.5 Å². The van der Waals surface area contributed by atoms with Crippen LogP contribution in [0.25, 0.3) is 0 Å². The van der Waals surface area contributed by atoms with Crippen molar-refractivity contribution in [2.45, 2.75) is 33.7 Å². The predicted molar refractivity (Wildman–Crippen MR) is 98.2 cm³/mol. The standard InChI is InChI=1S/C18H32N4O/c1-5-13-22(7-3)14-12-20-18(19-6-2)21-15-16-8-10-17(23-4)11-9-16/h8-11H,5-7,12-15H2,1-4H3,(H2,19,20,21). The lowest BCUT2D eigenvalue weighted by molar-refractivity contribution is 0.293. The maximum atomic E-state index is 5.17. The maximum absolute atomic E-state index is 5.17. The number of hydrogen-bond donors (Lipinski definition) is 2. The molecule has 0 radical (unpaired) electrons. The first kappa shape index (κ1) is 19.3. The van der Waals surface area contributed by atoms with Crippen molar-refractivity contribution in [3.63, 3.8) is 0 Å². The third-order valence-corrected chi connectivity index (χ3v) is 3.63. The van der Waals surface area contributed by atoms with Crippen LogP contribution in [0.1, 0.15) is 32.8 Å². The van der Waals surface area contributed by atoms with Gasteiger partial charge in [-0.2, -0.15) is 0 Å². The second-order valence-corrected chi connectivity index (χ2v) is 5.40. The fourth-order valence-electron chi connectivity index (χ4n) is 2.32. The number of guanidine groups is 1. The third-order valence-electron chi connectivity index (χ3n) is 3.63. The lowest BCUT2D eigenvalue weighted by Crippen LogP contribution is -2.41. The molecule has 0 aromatic heterocycles. The molecular formula is C18H32N4O. The van der Waals surface area contributed by atoms with Crippen LogP contribution >= 0.6 is 0 Å². The summed E-state index contributed by atoms with van der Waals surface area (Å²) in [5.74, 6) is 1.74. The molecular weight excluding hydrogens is 288 g/mol. The first-order valence-electron chi connectivity index (χ1n) is 8.60. The van der Waals surface area contributed by atoms with Gasteiger partial charge in [-0.3, -0.25) is 0 Å². The summed E-state index contributed by atoms with van der Waals surface area (Å²) >= 11 is 0. The Morgan fingerprint density at radius 3 is 2.39 bits per heavy atom. The Hall–Kier alpha value is -1.75. The van der Waals surface area contributed by atoms with Crippen molar-refractivity contribution in [3.05, 3.63) is 29.8 Å². The van der Waals surface area contributed by atoms with E-state index >= 15 is 0 Å². The molecule has 0 spiro atoms. The second kappa shape index (κ2) is 11.8. The van der Waals surface area contributed by atoms with Gasteiger partial charge in [0.25, 0.3) is 0 Å². The molecule has 0 atom stereocenters. The fraction of sp³-hybridized carbons (Fsp3) is 0.611. The molecule has 0 heterocycles. The quantitative estimate of drug-likeness (QED) is 0.514. The van der Waals surface area contributed by atoms with Crippen LogP contribution in [-0.4, -0.2) is 50.7 Å². The van der Waals surface area contributed by atoms with Crippen molar-refractivity contribution in [1.29, 1.82) is 0 Å². The fourth-order valence-corrected chi connectivity index (χ4v) is 2.32. The van der Waals surface area contributed by atoms with E-state index in [0.29, 0.717) is 6.54 Å². The largest absolute Gasteiger partial charge is 0.497 e. The molecule has 0 aliphatic rings. The zero-order chi connectivity index (χ0) is 16.9. The van der Waals surface area contributed by atoms with Gasteiger partial charge in [0.2, 0.25) is 0 Å². The highest BCUT2D eigenvalue weighted by molar-refractivity contribution is 5.79. The van der Waals surface area contributed by atoms with E-state index in [1.807, 2.05) is 24.3 Å². The summed E-state index contributed by atoms with van der Waals surface area (Å²) in [5, 5.41) is 6.70. The Morgan fingerprint density at radius 2 is 1.83 bits per heavy atom. The zero-order valence-electron chi connectivity index (χ0n) is 15.1. The lowest BCUT2D eigenvalue weighted by Gasteiger charge is -2.20. The van der Waals surface area contributed by atoms with Crippen molar-refractivity contribution >= 4 is 5.96 Å². The first-order chi connectivity index (χ1) is 11.2. The van der Waals surface area contributed by atoms with Gasteiger partial charge in [0.15, 0.2) is 5.96 Å². The van der Waals surface area contributed by atoms with Gasteiger partial charge in [0.05, 0.1) is 13.7 Å². The number of aliphatic imine (C=N–C) groups is 1. The SMILES string of the molecule is CCCN(CC)CCNC(=NCc1ccc(OC)cc1)NCC. The Balaban J connectivity index is 2.48. The van der Waals surface area contributed by atoms with Crippen LogP contribution in [0.5, 0.6) is 5.75 Å². The summed E-state index contributed by atoms with van der Waals surface area (Å²) < 4.78 is 5.17. The van der Waals surface area contributed by atoms with Crippen LogP contribution in [0.3, 0.4) is 0 Å². The van der Waals surface area contributed by atoms with E-state index in [1.54, 1.807) is 7.11 Å². The summed E-state index contributed by atoms with van der Waals surface area (Å²) in [7, 11) is 1.68. The van der Waals surface area contributed by atoms with E-state index in [2.05, 4.69) is 41.3 Å². The Morgan fingerprint density at radius 1 is 1.09 bits per heavy atom. The number of methoxy groups -OCH3 is 1. The molecule has 0 bridgehead atoms. The van der Waals surface area contributed by atoms with Gasteiger partial charge in [-0.25, -0.2) is 4.99 Å². The molecule has 2 N–H and O–H groups in total. The summed E-state index contributed by atoms with van der Waals surface area (Å²) in [6, 6.07) is 8.03. The summed E-state index contributed by atoms with van der Waals surface area (Å²) in [6.07, 6.45) is 1.19. The van der Waals surface area contributed by atoms with Crippen LogP contribution in [0.2, 0.25) is 0 Å². The molecule has 0 saturated carbocycles.